The van der Waals surface area contributed by atoms with Gasteiger partial charge in [-0.05, 0) is 31.6 Å². The van der Waals surface area contributed by atoms with E-state index in [1.807, 2.05) is 0 Å². The zero-order valence-electron chi connectivity index (χ0n) is 12.9. The largest absolute Gasteiger partial charge is 0.377 e. The highest BCUT2D eigenvalue weighted by atomic mass is 16.5. The lowest BCUT2D eigenvalue weighted by molar-refractivity contribution is -0.139. The lowest BCUT2D eigenvalue weighted by Gasteiger charge is -2.54. The molecule has 1 saturated carbocycles. The van der Waals surface area contributed by atoms with Crippen molar-refractivity contribution in [3.05, 3.63) is 0 Å². The molecule has 0 aromatic heterocycles. The fraction of sp³-hybridized carbons (Fsp3) is 1.00. The monoisotopic (exact) mass is 255 g/mol. The fourth-order valence-electron chi connectivity index (χ4n) is 3.39. The molecule has 1 aliphatic rings. The van der Waals surface area contributed by atoms with E-state index >= 15 is 0 Å². The summed E-state index contributed by atoms with van der Waals surface area (Å²) in [5, 5.41) is 0. The maximum atomic E-state index is 6.22. The minimum absolute atomic E-state index is 0.267. The maximum Gasteiger partial charge on any atom is 0.0661 e. The molecule has 0 bridgehead atoms. The molecule has 1 fully saturated rings. The van der Waals surface area contributed by atoms with Crippen LogP contribution in [0, 0.1) is 11.3 Å². The molecule has 2 N–H and O–H groups in total. The SMILES string of the molecule is CCCCC(CC)COC1CC(N)C1(CC)CC. The molecule has 1 aliphatic carbocycles. The molecule has 0 aromatic rings. The molecule has 0 saturated heterocycles. The van der Waals surface area contributed by atoms with Crippen LogP contribution in [0.25, 0.3) is 0 Å². The van der Waals surface area contributed by atoms with Gasteiger partial charge in [0, 0.05) is 18.1 Å². The molecule has 2 heteroatoms. The molecule has 3 unspecified atom stereocenters. The minimum atomic E-state index is 0.267. The van der Waals surface area contributed by atoms with E-state index in [1.54, 1.807) is 0 Å². The van der Waals surface area contributed by atoms with E-state index in [0.717, 1.165) is 31.8 Å². The van der Waals surface area contributed by atoms with Crippen LogP contribution < -0.4 is 5.73 Å². The summed E-state index contributed by atoms with van der Waals surface area (Å²) in [7, 11) is 0. The van der Waals surface area contributed by atoms with E-state index in [2.05, 4.69) is 27.7 Å². The van der Waals surface area contributed by atoms with Gasteiger partial charge in [-0.15, -0.1) is 0 Å². The Hall–Kier alpha value is -0.0800. The fourth-order valence-corrected chi connectivity index (χ4v) is 3.39. The van der Waals surface area contributed by atoms with Gasteiger partial charge >= 0.3 is 0 Å². The van der Waals surface area contributed by atoms with Crippen LogP contribution in [0.15, 0.2) is 0 Å². The number of hydrogen-bond acceptors (Lipinski definition) is 2. The van der Waals surface area contributed by atoms with Gasteiger partial charge < -0.3 is 10.5 Å². The lowest BCUT2D eigenvalue weighted by Crippen LogP contribution is -2.61. The first-order chi connectivity index (χ1) is 8.64. The summed E-state index contributed by atoms with van der Waals surface area (Å²) >= 11 is 0. The summed E-state index contributed by atoms with van der Waals surface area (Å²) in [5.74, 6) is 0.744. The van der Waals surface area contributed by atoms with E-state index in [4.69, 9.17) is 10.5 Å². The highest BCUT2D eigenvalue weighted by Gasteiger charge is 2.51. The maximum absolute atomic E-state index is 6.22. The van der Waals surface area contributed by atoms with Gasteiger partial charge in [0.15, 0.2) is 0 Å². The van der Waals surface area contributed by atoms with Crippen molar-refractivity contribution in [1.29, 1.82) is 0 Å². The second kappa shape index (κ2) is 7.49. The Morgan fingerprint density at radius 2 is 1.89 bits per heavy atom. The Bertz CT molecular complexity index is 225. The van der Waals surface area contributed by atoms with Crippen molar-refractivity contribution in [2.24, 2.45) is 17.1 Å². The number of ether oxygens (including phenoxy) is 1. The van der Waals surface area contributed by atoms with Gasteiger partial charge in [-0.3, -0.25) is 0 Å². The smallest absolute Gasteiger partial charge is 0.0661 e. The average Bonchev–Trinajstić information content (AvgIpc) is 2.39. The highest BCUT2D eigenvalue weighted by molar-refractivity contribution is 5.05. The normalized spacial score (nSPS) is 27.8. The summed E-state index contributed by atoms with van der Waals surface area (Å²) < 4.78 is 6.22. The Morgan fingerprint density at radius 1 is 1.22 bits per heavy atom. The minimum Gasteiger partial charge on any atom is -0.377 e. The average molecular weight is 255 g/mol. The zero-order valence-corrected chi connectivity index (χ0v) is 12.9. The van der Waals surface area contributed by atoms with Gasteiger partial charge in [0.25, 0.3) is 0 Å². The van der Waals surface area contributed by atoms with Crippen LogP contribution in [0.2, 0.25) is 0 Å². The Labute approximate surface area is 114 Å². The molecule has 108 valence electrons. The van der Waals surface area contributed by atoms with Crippen molar-refractivity contribution < 1.29 is 4.74 Å². The first-order valence-electron chi connectivity index (χ1n) is 8.01. The first-order valence-corrected chi connectivity index (χ1v) is 8.01. The van der Waals surface area contributed by atoms with Crippen LogP contribution in [0.1, 0.15) is 72.6 Å². The third-order valence-corrected chi connectivity index (χ3v) is 5.24. The van der Waals surface area contributed by atoms with Crippen LogP contribution in [-0.4, -0.2) is 18.8 Å². The molecule has 0 heterocycles. The van der Waals surface area contributed by atoms with E-state index in [-0.39, 0.29) is 5.41 Å². The zero-order chi connectivity index (χ0) is 13.6. The molecule has 18 heavy (non-hydrogen) atoms. The summed E-state index contributed by atoms with van der Waals surface area (Å²) in [4.78, 5) is 0. The molecular weight excluding hydrogens is 222 g/mol. The lowest BCUT2D eigenvalue weighted by atomic mass is 9.59. The van der Waals surface area contributed by atoms with Crippen molar-refractivity contribution in [3.8, 4) is 0 Å². The van der Waals surface area contributed by atoms with Crippen molar-refractivity contribution >= 4 is 0 Å². The van der Waals surface area contributed by atoms with E-state index in [9.17, 15) is 0 Å². The van der Waals surface area contributed by atoms with Crippen molar-refractivity contribution in [2.45, 2.75) is 84.8 Å². The van der Waals surface area contributed by atoms with Gasteiger partial charge in [0.2, 0.25) is 0 Å². The number of unbranched alkanes of at least 4 members (excludes halogenated alkanes) is 1. The van der Waals surface area contributed by atoms with Crippen LogP contribution in [-0.2, 0) is 4.74 Å². The molecule has 1 rings (SSSR count). The highest BCUT2D eigenvalue weighted by Crippen LogP contribution is 2.47. The predicted octanol–water partition coefficient (Wildman–Crippen LogP) is 4.13. The van der Waals surface area contributed by atoms with Gasteiger partial charge in [-0.25, -0.2) is 0 Å². The van der Waals surface area contributed by atoms with Crippen molar-refractivity contribution in [2.75, 3.05) is 6.61 Å². The van der Waals surface area contributed by atoms with Crippen LogP contribution in [0.3, 0.4) is 0 Å². The molecular formula is C16H33NO. The van der Waals surface area contributed by atoms with E-state index < -0.39 is 0 Å². The first kappa shape index (κ1) is 16.0. The molecule has 2 nitrogen and oxygen atoms in total. The van der Waals surface area contributed by atoms with Gasteiger partial charge in [-0.1, -0.05) is 47.0 Å². The Balaban J connectivity index is 2.38. The molecule has 3 atom stereocenters. The molecule has 0 aromatic carbocycles. The van der Waals surface area contributed by atoms with E-state index in [1.165, 1.54) is 25.7 Å². The molecule has 0 aliphatic heterocycles. The third-order valence-electron chi connectivity index (χ3n) is 5.24. The van der Waals surface area contributed by atoms with Crippen molar-refractivity contribution in [1.82, 2.24) is 0 Å². The second-order valence-corrected chi connectivity index (χ2v) is 6.02. The quantitative estimate of drug-likeness (QED) is 0.672. The topological polar surface area (TPSA) is 35.2 Å². The third kappa shape index (κ3) is 3.27. The Morgan fingerprint density at radius 3 is 2.33 bits per heavy atom. The van der Waals surface area contributed by atoms with Crippen LogP contribution in [0.4, 0.5) is 0 Å². The summed E-state index contributed by atoms with van der Waals surface area (Å²) in [6, 6.07) is 0.355. The van der Waals surface area contributed by atoms with E-state index in [0.29, 0.717) is 12.1 Å². The van der Waals surface area contributed by atoms with Crippen LogP contribution in [0.5, 0.6) is 0 Å². The van der Waals surface area contributed by atoms with Crippen molar-refractivity contribution in [3.63, 3.8) is 0 Å². The number of nitrogens with two attached hydrogens (primary N) is 1. The number of rotatable bonds is 9. The summed E-state index contributed by atoms with van der Waals surface area (Å²) in [6.07, 6.45) is 8.96. The molecule has 0 spiro atoms. The number of hydrogen-bond donors (Lipinski definition) is 1. The van der Waals surface area contributed by atoms with Gasteiger partial charge in [-0.2, -0.15) is 0 Å². The summed E-state index contributed by atoms with van der Waals surface area (Å²) in [5.41, 5.74) is 6.48. The summed E-state index contributed by atoms with van der Waals surface area (Å²) in [6.45, 7) is 10.00. The second-order valence-electron chi connectivity index (χ2n) is 6.02. The van der Waals surface area contributed by atoms with Gasteiger partial charge in [0.05, 0.1) is 6.10 Å². The Kier molecular flexibility index (Phi) is 6.65. The standard InChI is InChI=1S/C16H33NO/c1-5-9-10-13(6-2)12-18-15-11-14(17)16(15,7-3)8-4/h13-15H,5-12,17H2,1-4H3. The predicted molar refractivity (Wildman–Crippen MR) is 78.7 cm³/mol. The molecule has 0 radical (unpaired) electrons. The van der Waals surface area contributed by atoms with Crippen LogP contribution >= 0.6 is 0 Å². The van der Waals surface area contributed by atoms with Gasteiger partial charge in [0.1, 0.15) is 0 Å². The molecule has 0 amide bonds.